The predicted molar refractivity (Wildman–Crippen MR) is 117 cm³/mol. The molecule has 2 aromatic carbocycles. The number of nitrogens with zero attached hydrogens (tertiary/aromatic N) is 2. The van der Waals surface area contributed by atoms with Crippen molar-refractivity contribution < 1.29 is 14.3 Å². The van der Waals surface area contributed by atoms with Crippen molar-refractivity contribution in [1.29, 1.82) is 0 Å². The summed E-state index contributed by atoms with van der Waals surface area (Å²) in [5.41, 5.74) is 1.13. The standard InChI is InChI=1S/C21H16ClN3O4S/c1-2-29-21(28)12-6-8-13(9-7-12)24-16(26)10-25-11-23-18-17-14(22)4-3-5-15(17)30-19(18)20(25)27/h3-9,11H,2,10H2,1H3,(H,24,26). The highest BCUT2D eigenvalue weighted by Gasteiger charge is 2.15. The van der Waals surface area contributed by atoms with Crippen molar-refractivity contribution >= 4 is 60.8 Å². The molecule has 0 aliphatic carbocycles. The first kappa shape index (κ1) is 20.1. The fraction of sp³-hybridized carbons (Fsp3) is 0.143. The average Bonchev–Trinajstić information content (AvgIpc) is 3.11. The molecule has 152 valence electrons. The summed E-state index contributed by atoms with van der Waals surface area (Å²) in [6.45, 7) is 1.83. The number of hydrogen-bond acceptors (Lipinski definition) is 6. The molecule has 2 aromatic heterocycles. The van der Waals surface area contributed by atoms with E-state index in [1.807, 2.05) is 12.1 Å². The lowest BCUT2D eigenvalue weighted by molar-refractivity contribution is -0.116. The summed E-state index contributed by atoms with van der Waals surface area (Å²) in [5.74, 6) is -0.814. The maximum absolute atomic E-state index is 12.8. The molecule has 0 atom stereocenters. The van der Waals surface area contributed by atoms with Gasteiger partial charge in [0.05, 0.1) is 29.0 Å². The summed E-state index contributed by atoms with van der Waals surface area (Å²) in [6, 6.07) is 11.8. The summed E-state index contributed by atoms with van der Waals surface area (Å²) in [4.78, 5) is 41.3. The summed E-state index contributed by atoms with van der Waals surface area (Å²) in [6.07, 6.45) is 1.35. The quantitative estimate of drug-likeness (QED) is 0.471. The number of carbonyl (C=O) groups excluding carboxylic acids is 2. The molecule has 0 aliphatic heterocycles. The Bertz CT molecular complexity index is 1330. The van der Waals surface area contributed by atoms with Gasteiger partial charge in [0.15, 0.2) is 0 Å². The Morgan fingerprint density at radius 3 is 2.70 bits per heavy atom. The first-order valence-electron chi connectivity index (χ1n) is 9.11. The van der Waals surface area contributed by atoms with Crippen LogP contribution in [0.25, 0.3) is 20.3 Å². The summed E-state index contributed by atoms with van der Waals surface area (Å²) < 4.78 is 7.50. The second-order valence-electron chi connectivity index (χ2n) is 6.42. The minimum Gasteiger partial charge on any atom is -0.462 e. The van der Waals surface area contributed by atoms with Crippen LogP contribution in [0.1, 0.15) is 17.3 Å². The van der Waals surface area contributed by atoms with Gasteiger partial charge in [-0.15, -0.1) is 11.3 Å². The molecular formula is C21H16ClN3O4S. The van der Waals surface area contributed by atoms with Gasteiger partial charge in [0.25, 0.3) is 5.56 Å². The van der Waals surface area contributed by atoms with Crippen molar-refractivity contribution in [3.63, 3.8) is 0 Å². The Balaban J connectivity index is 1.54. The van der Waals surface area contributed by atoms with E-state index in [0.29, 0.717) is 26.5 Å². The molecule has 0 bridgehead atoms. The van der Waals surface area contributed by atoms with Crippen LogP contribution in [0.4, 0.5) is 5.69 Å². The number of halogens is 1. The molecule has 4 aromatic rings. The number of amides is 1. The number of ether oxygens (including phenoxy) is 1. The highest BCUT2D eigenvalue weighted by Crippen LogP contribution is 2.34. The van der Waals surface area contributed by atoms with Gasteiger partial charge in [-0.05, 0) is 43.3 Å². The van der Waals surface area contributed by atoms with E-state index in [1.165, 1.54) is 22.2 Å². The molecular weight excluding hydrogens is 426 g/mol. The third kappa shape index (κ3) is 3.79. The monoisotopic (exact) mass is 441 g/mol. The molecule has 0 unspecified atom stereocenters. The van der Waals surface area contributed by atoms with Crippen molar-refractivity contribution in [3.05, 3.63) is 69.7 Å². The Labute approximate surface area is 179 Å². The summed E-state index contributed by atoms with van der Waals surface area (Å²) >= 11 is 7.56. The van der Waals surface area contributed by atoms with E-state index in [0.717, 1.165) is 10.1 Å². The zero-order chi connectivity index (χ0) is 21.3. The van der Waals surface area contributed by atoms with E-state index in [-0.39, 0.29) is 24.6 Å². The van der Waals surface area contributed by atoms with Crippen LogP contribution in [0.3, 0.4) is 0 Å². The van der Waals surface area contributed by atoms with Crippen molar-refractivity contribution in [1.82, 2.24) is 9.55 Å². The van der Waals surface area contributed by atoms with Crippen LogP contribution in [0.15, 0.2) is 53.6 Å². The Hall–Kier alpha value is -3.23. The third-order valence-corrected chi connectivity index (χ3v) is 5.86. The van der Waals surface area contributed by atoms with Crippen LogP contribution < -0.4 is 10.9 Å². The fourth-order valence-electron chi connectivity index (χ4n) is 3.04. The van der Waals surface area contributed by atoms with Gasteiger partial charge in [-0.3, -0.25) is 14.2 Å². The number of benzene rings is 2. The third-order valence-electron chi connectivity index (χ3n) is 4.41. The van der Waals surface area contributed by atoms with Gasteiger partial charge in [0.2, 0.25) is 5.91 Å². The summed E-state index contributed by atoms with van der Waals surface area (Å²) in [5, 5.41) is 3.98. The number of thiophene rings is 1. The second-order valence-corrected chi connectivity index (χ2v) is 7.88. The van der Waals surface area contributed by atoms with Crippen LogP contribution in [0, 0.1) is 0 Å². The minimum absolute atomic E-state index is 0.191. The van der Waals surface area contributed by atoms with E-state index < -0.39 is 5.97 Å². The molecule has 0 saturated carbocycles. The molecule has 1 amide bonds. The molecule has 0 fully saturated rings. The number of rotatable bonds is 5. The van der Waals surface area contributed by atoms with Crippen LogP contribution in [-0.2, 0) is 16.1 Å². The molecule has 0 saturated heterocycles. The van der Waals surface area contributed by atoms with E-state index in [2.05, 4.69) is 10.3 Å². The number of nitrogens with one attached hydrogen (secondary N) is 1. The number of anilines is 1. The SMILES string of the molecule is CCOC(=O)c1ccc(NC(=O)Cn2cnc3c(sc4cccc(Cl)c43)c2=O)cc1. The lowest BCUT2D eigenvalue weighted by Gasteiger charge is -2.08. The van der Waals surface area contributed by atoms with Gasteiger partial charge in [-0.1, -0.05) is 17.7 Å². The fourth-order valence-corrected chi connectivity index (χ4v) is 4.49. The maximum atomic E-state index is 12.8. The predicted octanol–water partition coefficient (Wildman–Crippen LogP) is 4.08. The highest BCUT2D eigenvalue weighted by molar-refractivity contribution is 7.25. The number of carbonyl (C=O) groups is 2. The van der Waals surface area contributed by atoms with Gasteiger partial charge < -0.3 is 10.1 Å². The molecule has 9 heteroatoms. The average molecular weight is 442 g/mol. The van der Waals surface area contributed by atoms with Gasteiger partial charge in [-0.2, -0.15) is 0 Å². The zero-order valence-corrected chi connectivity index (χ0v) is 17.4. The van der Waals surface area contributed by atoms with Gasteiger partial charge in [-0.25, -0.2) is 9.78 Å². The Morgan fingerprint density at radius 1 is 1.20 bits per heavy atom. The Kier molecular flexibility index (Phi) is 5.52. The first-order valence-corrected chi connectivity index (χ1v) is 10.3. The molecule has 2 heterocycles. The van der Waals surface area contributed by atoms with Gasteiger partial charge >= 0.3 is 5.97 Å². The summed E-state index contributed by atoms with van der Waals surface area (Å²) in [7, 11) is 0. The van der Waals surface area contributed by atoms with Crippen LogP contribution in [-0.4, -0.2) is 28.0 Å². The smallest absolute Gasteiger partial charge is 0.338 e. The highest BCUT2D eigenvalue weighted by atomic mass is 35.5. The molecule has 1 N–H and O–H groups in total. The molecule has 0 aliphatic rings. The lowest BCUT2D eigenvalue weighted by Crippen LogP contribution is -2.27. The van der Waals surface area contributed by atoms with E-state index in [9.17, 15) is 14.4 Å². The molecule has 30 heavy (non-hydrogen) atoms. The topological polar surface area (TPSA) is 90.3 Å². The van der Waals surface area contributed by atoms with E-state index >= 15 is 0 Å². The largest absolute Gasteiger partial charge is 0.462 e. The van der Waals surface area contributed by atoms with Crippen molar-refractivity contribution in [2.75, 3.05) is 11.9 Å². The van der Waals surface area contributed by atoms with Crippen LogP contribution in [0.5, 0.6) is 0 Å². The molecule has 0 spiro atoms. The molecule has 0 radical (unpaired) electrons. The first-order chi connectivity index (χ1) is 14.5. The van der Waals surface area contributed by atoms with Crippen molar-refractivity contribution in [3.8, 4) is 0 Å². The van der Waals surface area contributed by atoms with Crippen molar-refractivity contribution in [2.45, 2.75) is 13.5 Å². The van der Waals surface area contributed by atoms with E-state index in [4.69, 9.17) is 16.3 Å². The normalized spacial score (nSPS) is 11.0. The van der Waals surface area contributed by atoms with Crippen LogP contribution >= 0.6 is 22.9 Å². The van der Waals surface area contributed by atoms with Gasteiger partial charge in [0, 0.05) is 15.8 Å². The minimum atomic E-state index is -0.426. The number of fused-ring (bicyclic) bond motifs is 3. The van der Waals surface area contributed by atoms with Crippen LogP contribution in [0.2, 0.25) is 5.02 Å². The number of hydrogen-bond donors (Lipinski definition) is 1. The number of esters is 1. The van der Waals surface area contributed by atoms with Gasteiger partial charge in [0.1, 0.15) is 11.2 Å². The lowest BCUT2D eigenvalue weighted by atomic mass is 10.2. The Morgan fingerprint density at radius 2 is 1.97 bits per heavy atom. The molecule has 4 rings (SSSR count). The molecule has 7 nitrogen and oxygen atoms in total. The maximum Gasteiger partial charge on any atom is 0.338 e. The zero-order valence-electron chi connectivity index (χ0n) is 15.8. The van der Waals surface area contributed by atoms with E-state index in [1.54, 1.807) is 37.3 Å². The second kappa shape index (κ2) is 8.25. The number of aromatic nitrogens is 2. The van der Waals surface area contributed by atoms with Crippen molar-refractivity contribution in [2.24, 2.45) is 0 Å².